The van der Waals surface area contributed by atoms with Gasteiger partial charge in [0.1, 0.15) is 0 Å². The van der Waals surface area contributed by atoms with Crippen molar-refractivity contribution >= 4 is 40.0 Å². The molecule has 1 N–H and O–H groups in total. The summed E-state index contributed by atoms with van der Waals surface area (Å²) in [7, 11) is 2.06. The number of aryl methyl sites for hydroxylation is 1. The van der Waals surface area contributed by atoms with Crippen molar-refractivity contribution in [2.45, 2.75) is 0 Å². The maximum atomic E-state index is 11.2. The molecule has 1 fully saturated rings. The van der Waals surface area contributed by atoms with Crippen LogP contribution in [0, 0.1) is 0 Å². The fraction of sp³-hybridized carbons (Fsp3) is 0.105. The first kappa shape index (κ1) is 15.7. The fourth-order valence-electron chi connectivity index (χ4n) is 3.02. The zero-order chi connectivity index (χ0) is 17.2. The van der Waals surface area contributed by atoms with E-state index in [2.05, 4.69) is 51.4 Å². The predicted molar refractivity (Wildman–Crippen MR) is 104 cm³/mol. The number of para-hydroxylation sites is 1. The molecule has 0 radical (unpaired) electrons. The van der Waals surface area contributed by atoms with E-state index >= 15 is 0 Å². The highest BCUT2D eigenvalue weighted by Gasteiger charge is 2.17. The number of carbonyl (C=O) groups is 1. The number of carbonyl (C=O) groups excluding carboxylic acids is 1. The van der Waals surface area contributed by atoms with E-state index in [1.54, 1.807) is 6.21 Å². The quantitative estimate of drug-likeness (QED) is 0.582. The summed E-state index contributed by atoms with van der Waals surface area (Å²) in [6, 6.07) is 18.5. The van der Waals surface area contributed by atoms with Gasteiger partial charge in [0.15, 0.2) is 5.17 Å². The Morgan fingerprint density at radius 1 is 1.12 bits per heavy atom. The van der Waals surface area contributed by atoms with Crippen molar-refractivity contribution in [1.29, 1.82) is 0 Å². The number of hydrogen-bond donors (Lipinski definition) is 1. The Labute approximate surface area is 149 Å². The van der Waals surface area contributed by atoms with Crippen LogP contribution in [0.3, 0.4) is 0 Å². The first-order chi connectivity index (χ1) is 12.2. The standard InChI is InChI=1S/C19H16N4OS/c1-23-16-10-6-5-9-14(16)15(18(23)13-7-3-2-4-8-13)11-20-22-19-21-17(24)12-25-19/h2-11H,12H2,1H3,(H,21,22,24)/b20-11+. The van der Waals surface area contributed by atoms with Gasteiger partial charge in [0.2, 0.25) is 5.91 Å². The molecule has 6 heteroatoms. The summed E-state index contributed by atoms with van der Waals surface area (Å²) in [5.74, 6) is 0.367. The van der Waals surface area contributed by atoms with Gasteiger partial charge in [-0.15, -0.1) is 5.10 Å². The highest BCUT2D eigenvalue weighted by atomic mass is 32.2. The van der Waals surface area contributed by atoms with Gasteiger partial charge in [-0.3, -0.25) is 4.79 Å². The number of amides is 1. The van der Waals surface area contributed by atoms with Crippen LogP contribution >= 0.6 is 11.8 Å². The Hall–Kier alpha value is -2.86. The largest absolute Gasteiger partial charge is 0.343 e. The number of amidine groups is 1. The molecule has 0 atom stereocenters. The molecule has 124 valence electrons. The number of rotatable bonds is 3. The molecule has 2 aromatic carbocycles. The number of benzene rings is 2. The molecule has 2 heterocycles. The third-order valence-corrected chi connectivity index (χ3v) is 4.98. The van der Waals surface area contributed by atoms with Gasteiger partial charge in [-0.05, 0) is 11.6 Å². The third kappa shape index (κ3) is 2.96. The van der Waals surface area contributed by atoms with Gasteiger partial charge >= 0.3 is 0 Å². The molecule has 25 heavy (non-hydrogen) atoms. The topological polar surface area (TPSA) is 58.8 Å². The van der Waals surface area contributed by atoms with Gasteiger partial charge in [0.25, 0.3) is 0 Å². The average molecular weight is 348 g/mol. The number of thioether (sulfide) groups is 1. The van der Waals surface area contributed by atoms with Crippen LogP contribution in [0.25, 0.3) is 22.2 Å². The summed E-state index contributed by atoms with van der Waals surface area (Å²) >= 11 is 1.37. The van der Waals surface area contributed by atoms with Crippen molar-refractivity contribution in [3.8, 4) is 11.3 Å². The SMILES string of the molecule is Cn1c(-c2ccccc2)c(/C=N/N=C2/NC(=O)CS2)c2ccccc21. The maximum Gasteiger partial charge on any atom is 0.236 e. The summed E-state index contributed by atoms with van der Waals surface area (Å²) in [5.41, 5.74) is 4.37. The van der Waals surface area contributed by atoms with Crippen LogP contribution in [0.1, 0.15) is 5.56 Å². The molecule has 0 saturated carbocycles. The molecule has 5 nitrogen and oxygen atoms in total. The summed E-state index contributed by atoms with van der Waals surface area (Å²) < 4.78 is 2.17. The van der Waals surface area contributed by atoms with Gasteiger partial charge in [-0.25, -0.2) is 0 Å². The van der Waals surface area contributed by atoms with Gasteiger partial charge in [-0.2, -0.15) is 5.10 Å². The van der Waals surface area contributed by atoms with Crippen LogP contribution in [-0.4, -0.2) is 27.6 Å². The highest BCUT2D eigenvalue weighted by Crippen LogP contribution is 2.31. The lowest BCUT2D eigenvalue weighted by Crippen LogP contribution is -2.19. The Balaban J connectivity index is 1.83. The summed E-state index contributed by atoms with van der Waals surface area (Å²) in [6.45, 7) is 0. The van der Waals surface area contributed by atoms with E-state index < -0.39 is 0 Å². The van der Waals surface area contributed by atoms with Crippen LogP contribution in [0.4, 0.5) is 0 Å². The summed E-state index contributed by atoms with van der Waals surface area (Å²) in [5, 5.41) is 12.7. The van der Waals surface area contributed by atoms with Gasteiger partial charge in [-0.1, -0.05) is 60.3 Å². The van der Waals surface area contributed by atoms with E-state index in [4.69, 9.17) is 0 Å². The molecule has 1 aliphatic rings. The first-order valence-corrected chi connectivity index (χ1v) is 8.89. The zero-order valence-corrected chi connectivity index (χ0v) is 14.5. The Morgan fingerprint density at radius 2 is 1.88 bits per heavy atom. The molecular weight excluding hydrogens is 332 g/mol. The Morgan fingerprint density at radius 3 is 2.64 bits per heavy atom. The van der Waals surface area contributed by atoms with Crippen molar-refractivity contribution in [3.05, 3.63) is 60.2 Å². The van der Waals surface area contributed by atoms with Crippen molar-refractivity contribution in [3.63, 3.8) is 0 Å². The minimum Gasteiger partial charge on any atom is -0.343 e. The highest BCUT2D eigenvalue weighted by molar-refractivity contribution is 8.15. The van der Waals surface area contributed by atoms with Crippen LogP contribution in [0.2, 0.25) is 0 Å². The lowest BCUT2D eigenvalue weighted by Gasteiger charge is -2.05. The molecule has 3 aromatic rings. The molecule has 1 saturated heterocycles. The van der Waals surface area contributed by atoms with E-state index in [9.17, 15) is 4.79 Å². The maximum absolute atomic E-state index is 11.2. The molecule has 0 bridgehead atoms. The van der Waals surface area contributed by atoms with Crippen molar-refractivity contribution < 1.29 is 4.79 Å². The lowest BCUT2D eigenvalue weighted by atomic mass is 10.1. The second-order valence-electron chi connectivity index (χ2n) is 5.69. The Kier molecular flexibility index (Phi) is 4.11. The first-order valence-electron chi connectivity index (χ1n) is 7.90. The predicted octanol–water partition coefficient (Wildman–Crippen LogP) is 3.40. The summed E-state index contributed by atoms with van der Waals surface area (Å²) in [4.78, 5) is 11.2. The fourth-order valence-corrected chi connectivity index (χ4v) is 3.65. The number of nitrogens with one attached hydrogen (secondary N) is 1. The van der Waals surface area contributed by atoms with Gasteiger partial charge in [0.05, 0.1) is 17.7 Å². The molecule has 0 spiro atoms. The number of fused-ring (bicyclic) bond motifs is 1. The molecule has 4 rings (SSSR count). The second kappa shape index (κ2) is 6.57. The van der Waals surface area contributed by atoms with Crippen LogP contribution in [0.15, 0.2) is 64.8 Å². The minimum absolute atomic E-state index is 0.0333. The lowest BCUT2D eigenvalue weighted by molar-refractivity contribution is -0.116. The van der Waals surface area contributed by atoms with Crippen molar-refractivity contribution in [1.82, 2.24) is 9.88 Å². The van der Waals surface area contributed by atoms with Crippen molar-refractivity contribution in [2.24, 2.45) is 17.3 Å². The number of nitrogens with zero attached hydrogens (tertiary/aromatic N) is 3. The van der Waals surface area contributed by atoms with E-state index in [0.29, 0.717) is 10.9 Å². The number of hydrogen-bond acceptors (Lipinski definition) is 4. The van der Waals surface area contributed by atoms with Crippen LogP contribution in [0.5, 0.6) is 0 Å². The second-order valence-corrected chi connectivity index (χ2v) is 6.66. The zero-order valence-electron chi connectivity index (χ0n) is 13.6. The molecule has 1 aromatic heterocycles. The molecule has 0 aliphatic carbocycles. The van der Waals surface area contributed by atoms with Crippen LogP contribution < -0.4 is 5.32 Å². The third-order valence-electron chi connectivity index (χ3n) is 4.12. The summed E-state index contributed by atoms with van der Waals surface area (Å²) in [6.07, 6.45) is 1.77. The number of aromatic nitrogens is 1. The van der Waals surface area contributed by atoms with E-state index in [0.717, 1.165) is 27.7 Å². The van der Waals surface area contributed by atoms with Gasteiger partial charge in [0, 0.05) is 23.5 Å². The Bertz CT molecular complexity index is 1000. The average Bonchev–Trinajstić information content (AvgIpc) is 3.18. The molecule has 0 unspecified atom stereocenters. The van der Waals surface area contributed by atoms with Gasteiger partial charge < -0.3 is 9.88 Å². The minimum atomic E-state index is -0.0333. The van der Waals surface area contributed by atoms with Crippen LogP contribution in [-0.2, 0) is 11.8 Å². The normalized spacial score (nSPS) is 16.2. The van der Waals surface area contributed by atoms with E-state index in [1.807, 2.05) is 30.3 Å². The van der Waals surface area contributed by atoms with E-state index in [1.165, 1.54) is 11.8 Å². The molecular formula is C19H16N4OS. The smallest absolute Gasteiger partial charge is 0.236 e. The van der Waals surface area contributed by atoms with E-state index in [-0.39, 0.29) is 5.91 Å². The molecule has 1 amide bonds. The monoisotopic (exact) mass is 348 g/mol. The van der Waals surface area contributed by atoms with Crippen molar-refractivity contribution in [2.75, 3.05) is 5.75 Å². The molecule has 1 aliphatic heterocycles.